The summed E-state index contributed by atoms with van der Waals surface area (Å²) in [6, 6.07) is 9.11. The molecule has 1 aliphatic heterocycles. The van der Waals surface area contributed by atoms with Gasteiger partial charge in [-0.3, -0.25) is 9.59 Å². The van der Waals surface area contributed by atoms with Crippen LogP contribution in [0.5, 0.6) is 0 Å². The fourth-order valence-corrected chi connectivity index (χ4v) is 3.31. The third-order valence-electron chi connectivity index (χ3n) is 5.35. The average Bonchev–Trinajstić information content (AvgIpc) is 2.71. The number of aliphatic hydroxyl groups excluding tert-OH is 1. The molecule has 1 saturated heterocycles. The molecule has 0 saturated carbocycles. The zero-order chi connectivity index (χ0) is 20.5. The Kier molecular flexibility index (Phi) is 8.89. The number of carbonyl (C=O) groups excluding carboxylic acids is 2. The molecule has 1 aliphatic rings. The number of piperidine rings is 1. The van der Waals surface area contributed by atoms with Gasteiger partial charge in [-0.15, -0.1) is 0 Å². The van der Waals surface area contributed by atoms with E-state index in [-0.39, 0.29) is 24.3 Å². The Bertz CT molecular complexity index is 615. The molecule has 2 amide bonds. The molecule has 1 heterocycles. The fourth-order valence-electron chi connectivity index (χ4n) is 3.31. The summed E-state index contributed by atoms with van der Waals surface area (Å²) < 4.78 is 0. The van der Waals surface area contributed by atoms with Gasteiger partial charge in [-0.05, 0) is 43.3 Å². The van der Waals surface area contributed by atoms with E-state index in [1.165, 1.54) is 0 Å². The highest BCUT2D eigenvalue weighted by Gasteiger charge is 2.22. The van der Waals surface area contributed by atoms with E-state index in [9.17, 15) is 14.7 Å². The second-order valence-electron chi connectivity index (χ2n) is 7.96. The third kappa shape index (κ3) is 7.22. The lowest BCUT2D eigenvalue weighted by atomic mass is 9.96. The maximum Gasteiger partial charge on any atom is 0.239 e. The van der Waals surface area contributed by atoms with Crippen molar-refractivity contribution in [3.05, 3.63) is 35.9 Å². The lowest BCUT2D eigenvalue weighted by Crippen LogP contribution is -2.48. The lowest BCUT2D eigenvalue weighted by Gasteiger charge is -2.33. The molecule has 1 unspecified atom stereocenters. The Morgan fingerprint density at radius 1 is 1.18 bits per heavy atom. The quantitative estimate of drug-likeness (QED) is 0.495. The van der Waals surface area contributed by atoms with E-state index < -0.39 is 12.1 Å². The first-order valence-electron chi connectivity index (χ1n) is 10.1. The van der Waals surface area contributed by atoms with Gasteiger partial charge in [-0.25, -0.2) is 0 Å². The molecule has 1 fully saturated rings. The van der Waals surface area contributed by atoms with Crippen molar-refractivity contribution in [2.45, 2.75) is 38.8 Å². The first-order chi connectivity index (χ1) is 13.4. The number of carbonyl (C=O) groups is 2. The second-order valence-corrected chi connectivity index (χ2v) is 7.96. The number of aliphatic hydroxyl groups is 1. The molecule has 1 aromatic rings. The number of nitrogens with zero attached hydrogens (tertiary/aromatic N) is 1. The average molecular weight is 391 g/mol. The highest BCUT2D eigenvalue weighted by molar-refractivity contribution is 5.87. The van der Waals surface area contributed by atoms with Crippen molar-refractivity contribution in [3.8, 4) is 0 Å². The van der Waals surface area contributed by atoms with E-state index in [2.05, 4.69) is 15.5 Å². The molecular weight excluding hydrogens is 356 g/mol. The standard InChI is InChI=1S/C21H34N4O3/c1-15(2)20(22)21(28)24-13-19(27)23-12-16-8-10-25(11-9-16)14-18(26)17-6-4-3-5-7-17/h3-7,15-16,18,20,26H,8-14,22H2,1-2H3,(H,23,27)(H,24,28)/t18?,20-/m0/s1. The number of hydrogen-bond acceptors (Lipinski definition) is 5. The molecule has 2 rings (SSSR count). The maximum atomic E-state index is 11.9. The van der Waals surface area contributed by atoms with Gasteiger partial charge in [0.25, 0.3) is 0 Å². The van der Waals surface area contributed by atoms with Crippen LogP contribution in [0, 0.1) is 11.8 Å². The van der Waals surface area contributed by atoms with Gasteiger partial charge in [0.1, 0.15) is 0 Å². The van der Waals surface area contributed by atoms with Gasteiger partial charge in [0.05, 0.1) is 18.7 Å². The lowest BCUT2D eigenvalue weighted by molar-refractivity contribution is -0.127. The van der Waals surface area contributed by atoms with E-state index in [4.69, 9.17) is 5.73 Å². The number of likely N-dealkylation sites (tertiary alicyclic amines) is 1. The largest absolute Gasteiger partial charge is 0.387 e. The summed E-state index contributed by atoms with van der Waals surface area (Å²) >= 11 is 0. The molecule has 0 aromatic heterocycles. The number of amides is 2. The summed E-state index contributed by atoms with van der Waals surface area (Å²) in [5.74, 6) is -0.0296. The van der Waals surface area contributed by atoms with Crippen LogP contribution in [0.1, 0.15) is 38.4 Å². The van der Waals surface area contributed by atoms with Crippen molar-refractivity contribution in [1.82, 2.24) is 15.5 Å². The van der Waals surface area contributed by atoms with Crippen LogP contribution in [0.25, 0.3) is 0 Å². The molecule has 28 heavy (non-hydrogen) atoms. The van der Waals surface area contributed by atoms with Crippen LogP contribution in [0.4, 0.5) is 0 Å². The Morgan fingerprint density at radius 3 is 2.43 bits per heavy atom. The third-order valence-corrected chi connectivity index (χ3v) is 5.35. The molecule has 0 aliphatic carbocycles. The van der Waals surface area contributed by atoms with E-state index in [1.807, 2.05) is 44.2 Å². The predicted octanol–water partition coefficient (Wildman–Crippen LogP) is 0.648. The number of rotatable bonds is 9. The summed E-state index contributed by atoms with van der Waals surface area (Å²) in [5.41, 5.74) is 6.70. The Hall–Kier alpha value is -1.96. The SMILES string of the molecule is CC(C)[C@H](N)C(=O)NCC(=O)NCC1CCN(CC(O)c2ccccc2)CC1. The topological polar surface area (TPSA) is 108 Å². The van der Waals surface area contributed by atoms with Gasteiger partial charge in [-0.2, -0.15) is 0 Å². The van der Waals surface area contributed by atoms with Crippen molar-refractivity contribution in [3.63, 3.8) is 0 Å². The first kappa shape index (κ1) is 22.3. The number of hydrogen-bond donors (Lipinski definition) is 4. The Balaban J connectivity index is 1.62. The number of β-amino-alcohol motifs (C(OH)–C–C–N with tert-alkyl or cyclic N) is 1. The van der Waals surface area contributed by atoms with Crippen LogP contribution in [-0.2, 0) is 9.59 Å². The normalized spacial score (nSPS) is 17.9. The minimum Gasteiger partial charge on any atom is -0.387 e. The zero-order valence-corrected chi connectivity index (χ0v) is 16.9. The van der Waals surface area contributed by atoms with Crippen molar-refractivity contribution < 1.29 is 14.7 Å². The molecule has 7 nitrogen and oxygen atoms in total. The highest BCUT2D eigenvalue weighted by Crippen LogP contribution is 2.20. The Labute approximate surface area is 167 Å². The monoisotopic (exact) mass is 390 g/mol. The summed E-state index contributed by atoms with van der Waals surface area (Å²) in [4.78, 5) is 26.0. The van der Waals surface area contributed by atoms with Gasteiger partial charge in [0.15, 0.2) is 0 Å². The van der Waals surface area contributed by atoms with Crippen LogP contribution in [0.2, 0.25) is 0 Å². The number of nitrogens with two attached hydrogens (primary N) is 1. The van der Waals surface area contributed by atoms with Crippen molar-refractivity contribution in [2.75, 3.05) is 32.7 Å². The van der Waals surface area contributed by atoms with Crippen LogP contribution in [0.15, 0.2) is 30.3 Å². The van der Waals surface area contributed by atoms with Crippen LogP contribution in [-0.4, -0.2) is 60.6 Å². The highest BCUT2D eigenvalue weighted by atomic mass is 16.3. The van der Waals surface area contributed by atoms with E-state index in [1.54, 1.807) is 0 Å². The molecule has 156 valence electrons. The second kappa shape index (κ2) is 11.1. The van der Waals surface area contributed by atoms with Gasteiger partial charge in [0.2, 0.25) is 11.8 Å². The van der Waals surface area contributed by atoms with Gasteiger partial charge < -0.3 is 26.4 Å². The minimum absolute atomic E-state index is 0.0358. The number of benzene rings is 1. The van der Waals surface area contributed by atoms with Crippen molar-refractivity contribution in [2.24, 2.45) is 17.6 Å². The molecule has 0 radical (unpaired) electrons. The summed E-state index contributed by atoms with van der Waals surface area (Å²) in [6.45, 7) is 6.76. The molecule has 2 atom stereocenters. The van der Waals surface area contributed by atoms with Gasteiger partial charge >= 0.3 is 0 Å². The number of nitrogens with one attached hydrogen (secondary N) is 2. The molecular formula is C21H34N4O3. The summed E-state index contributed by atoms with van der Waals surface area (Å²) in [6.07, 6.45) is 1.48. The van der Waals surface area contributed by atoms with Gasteiger partial charge in [-0.1, -0.05) is 44.2 Å². The van der Waals surface area contributed by atoms with Crippen molar-refractivity contribution in [1.29, 1.82) is 0 Å². The fraction of sp³-hybridized carbons (Fsp3) is 0.619. The predicted molar refractivity (Wildman–Crippen MR) is 109 cm³/mol. The van der Waals surface area contributed by atoms with E-state index in [0.717, 1.165) is 31.5 Å². The summed E-state index contributed by atoms with van der Waals surface area (Å²) in [7, 11) is 0. The van der Waals surface area contributed by atoms with Crippen LogP contribution >= 0.6 is 0 Å². The van der Waals surface area contributed by atoms with Crippen molar-refractivity contribution >= 4 is 11.8 Å². The molecule has 7 heteroatoms. The first-order valence-corrected chi connectivity index (χ1v) is 10.1. The molecule has 0 spiro atoms. The molecule has 5 N–H and O–H groups in total. The van der Waals surface area contributed by atoms with E-state index >= 15 is 0 Å². The summed E-state index contributed by atoms with van der Waals surface area (Å²) in [5, 5.41) is 15.8. The van der Waals surface area contributed by atoms with Crippen LogP contribution < -0.4 is 16.4 Å². The Morgan fingerprint density at radius 2 is 1.82 bits per heavy atom. The van der Waals surface area contributed by atoms with Gasteiger partial charge in [0, 0.05) is 13.1 Å². The van der Waals surface area contributed by atoms with E-state index in [0.29, 0.717) is 19.0 Å². The zero-order valence-electron chi connectivity index (χ0n) is 16.9. The maximum absolute atomic E-state index is 11.9. The van der Waals surface area contributed by atoms with Crippen LogP contribution in [0.3, 0.4) is 0 Å². The smallest absolute Gasteiger partial charge is 0.239 e. The minimum atomic E-state index is -0.594. The molecule has 1 aromatic carbocycles. The molecule has 0 bridgehead atoms.